The summed E-state index contributed by atoms with van der Waals surface area (Å²) in [4.78, 5) is 43.3. The summed E-state index contributed by atoms with van der Waals surface area (Å²) < 4.78 is 0. The van der Waals surface area contributed by atoms with Crippen LogP contribution in [0, 0.1) is 11.8 Å². The monoisotopic (exact) mass is 622 g/mol. The fourth-order valence-corrected chi connectivity index (χ4v) is 8.73. The quantitative estimate of drug-likeness (QED) is 0.377. The molecule has 2 unspecified atom stereocenters. The van der Waals surface area contributed by atoms with Crippen LogP contribution < -0.4 is 20.9 Å². The fraction of sp³-hybridized carbons (Fsp3) is 0.829. The zero-order valence-electron chi connectivity index (χ0n) is 27.6. The van der Waals surface area contributed by atoms with Crippen LogP contribution in [0.4, 0.5) is 11.8 Å². The van der Waals surface area contributed by atoms with Gasteiger partial charge in [0.05, 0.1) is 0 Å². The number of piperidine rings is 3. The van der Waals surface area contributed by atoms with Gasteiger partial charge in [-0.25, -0.2) is 4.98 Å². The highest BCUT2D eigenvalue weighted by Gasteiger charge is 2.38. The molecule has 250 valence electrons. The molecule has 5 heterocycles. The molecule has 6 rings (SSSR count). The topological polar surface area (TPSA) is 106 Å². The second-order valence-electron chi connectivity index (χ2n) is 14.3. The molecule has 4 saturated heterocycles. The lowest BCUT2D eigenvalue weighted by molar-refractivity contribution is -0.138. The van der Waals surface area contributed by atoms with Gasteiger partial charge in [0.2, 0.25) is 17.8 Å². The predicted octanol–water partition coefficient (Wildman–Crippen LogP) is 4.18. The van der Waals surface area contributed by atoms with Crippen LogP contribution in [-0.4, -0.2) is 102 Å². The van der Waals surface area contributed by atoms with Crippen LogP contribution in [-0.2, 0) is 9.59 Å². The number of aromatic nitrogens is 2. The highest BCUT2D eigenvalue weighted by molar-refractivity contribution is 5.79. The molecule has 1 aliphatic carbocycles. The third kappa shape index (κ3) is 8.67. The number of carbonyl (C=O) groups excluding carboxylic acids is 2. The van der Waals surface area contributed by atoms with Crippen molar-refractivity contribution in [3.8, 4) is 0 Å². The van der Waals surface area contributed by atoms with E-state index in [1.165, 1.54) is 44.9 Å². The standard InChI is InChI=1S/C35H58N8O2/c44-33(27-12-18-36-19-13-27)37-20-14-31-30(39-35-38-21-15-32(40-35)41-22-6-1-2-7-23-41)11-8-24-43(31)29-16-25-42(26-17-29)34(45)28-9-4-3-5-10-28/h15,21,27-31,36H,1-14,16-20,22-26H2,(H,37,44)(H,38,39,40). The van der Waals surface area contributed by atoms with Crippen LogP contribution in [0.3, 0.4) is 0 Å². The van der Waals surface area contributed by atoms with E-state index in [4.69, 9.17) is 4.98 Å². The Labute approximate surface area is 270 Å². The third-order valence-corrected chi connectivity index (χ3v) is 11.4. The molecule has 0 spiro atoms. The molecule has 4 aliphatic heterocycles. The Hall–Kier alpha value is -2.46. The van der Waals surface area contributed by atoms with E-state index < -0.39 is 0 Å². The molecule has 10 heteroatoms. The Morgan fingerprint density at radius 2 is 1.53 bits per heavy atom. The number of nitrogens with one attached hydrogen (secondary N) is 3. The van der Waals surface area contributed by atoms with Crippen LogP contribution in [0.15, 0.2) is 12.3 Å². The van der Waals surface area contributed by atoms with Crippen LogP contribution in [0.25, 0.3) is 0 Å². The van der Waals surface area contributed by atoms with Crippen molar-refractivity contribution >= 4 is 23.6 Å². The molecule has 5 fully saturated rings. The van der Waals surface area contributed by atoms with E-state index in [0.29, 0.717) is 18.5 Å². The van der Waals surface area contributed by atoms with E-state index in [9.17, 15) is 9.59 Å². The normalized spacial score (nSPS) is 26.8. The molecule has 5 aliphatic rings. The van der Waals surface area contributed by atoms with E-state index in [1.807, 2.05) is 6.20 Å². The number of likely N-dealkylation sites (tertiary alicyclic amines) is 2. The van der Waals surface area contributed by atoms with Gasteiger partial charge in [-0.05, 0) is 96.3 Å². The molecule has 45 heavy (non-hydrogen) atoms. The summed E-state index contributed by atoms with van der Waals surface area (Å²) >= 11 is 0. The average molecular weight is 623 g/mol. The third-order valence-electron chi connectivity index (χ3n) is 11.4. The number of hydrogen-bond acceptors (Lipinski definition) is 8. The van der Waals surface area contributed by atoms with Crippen molar-refractivity contribution in [2.24, 2.45) is 11.8 Å². The number of carbonyl (C=O) groups is 2. The molecule has 0 radical (unpaired) electrons. The predicted molar refractivity (Wildman–Crippen MR) is 179 cm³/mol. The molecule has 1 aromatic rings. The molecule has 2 atom stereocenters. The minimum atomic E-state index is 0.129. The highest BCUT2D eigenvalue weighted by atomic mass is 16.2. The maximum Gasteiger partial charge on any atom is 0.225 e. The summed E-state index contributed by atoms with van der Waals surface area (Å²) in [6.07, 6.45) is 19.8. The lowest BCUT2D eigenvalue weighted by atomic mass is 9.87. The summed E-state index contributed by atoms with van der Waals surface area (Å²) in [6, 6.07) is 3.01. The van der Waals surface area contributed by atoms with E-state index in [-0.39, 0.29) is 29.8 Å². The zero-order valence-corrected chi connectivity index (χ0v) is 27.6. The first kappa shape index (κ1) is 32.5. The second-order valence-corrected chi connectivity index (χ2v) is 14.3. The Balaban J connectivity index is 1.11. The number of amides is 2. The van der Waals surface area contributed by atoms with Crippen LogP contribution >= 0.6 is 0 Å². The maximum atomic E-state index is 13.3. The van der Waals surface area contributed by atoms with Gasteiger partial charge in [0.15, 0.2) is 0 Å². The molecular weight excluding hydrogens is 564 g/mol. The van der Waals surface area contributed by atoms with Crippen molar-refractivity contribution in [3.63, 3.8) is 0 Å². The average Bonchev–Trinajstić information content (AvgIpc) is 3.39. The van der Waals surface area contributed by atoms with Gasteiger partial charge in [-0.2, -0.15) is 4.98 Å². The first-order valence-corrected chi connectivity index (χ1v) is 18.5. The lowest BCUT2D eigenvalue weighted by Crippen LogP contribution is -2.58. The van der Waals surface area contributed by atoms with Gasteiger partial charge in [-0.15, -0.1) is 0 Å². The first-order chi connectivity index (χ1) is 22.2. The molecule has 0 bridgehead atoms. The van der Waals surface area contributed by atoms with Gasteiger partial charge in [-0.3, -0.25) is 14.5 Å². The lowest BCUT2D eigenvalue weighted by Gasteiger charge is -2.48. The molecule has 0 aromatic carbocycles. The molecule has 1 aromatic heterocycles. The van der Waals surface area contributed by atoms with E-state index in [1.54, 1.807) is 0 Å². The summed E-state index contributed by atoms with van der Waals surface area (Å²) in [5, 5.41) is 10.5. The number of hydrogen-bond donors (Lipinski definition) is 3. The summed E-state index contributed by atoms with van der Waals surface area (Å²) in [5.74, 6) is 2.75. The Morgan fingerprint density at radius 3 is 2.29 bits per heavy atom. The van der Waals surface area contributed by atoms with Gasteiger partial charge in [-0.1, -0.05) is 32.1 Å². The largest absolute Gasteiger partial charge is 0.356 e. The number of anilines is 2. The first-order valence-electron chi connectivity index (χ1n) is 18.5. The molecule has 2 amide bonds. The highest BCUT2D eigenvalue weighted by Crippen LogP contribution is 2.31. The van der Waals surface area contributed by atoms with Crippen LogP contribution in [0.2, 0.25) is 0 Å². The van der Waals surface area contributed by atoms with Crippen molar-refractivity contribution in [1.82, 2.24) is 30.4 Å². The van der Waals surface area contributed by atoms with Crippen molar-refractivity contribution in [3.05, 3.63) is 12.3 Å². The SMILES string of the molecule is O=C(NCCC1C(Nc2nccc(N3CCCCCC3)n2)CCCN1C1CCN(C(=O)C2CCCCC2)CC1)C1CCNCC1. The maximum absolute atomic E-state index is 13.3. The number of rotatable bonds is 9. The Bertz CT molecular complexity index is 1080. The van der Waals surface area contributed by atoms with E-state index >= 15 is 0 Å². The van der Waals surface area contributed by atoms with Crippen molar-refractivity contribution in [1.29, 1.82) is 0 Å². The molecule has 10 nitrogen and oxygen atoms in total. The van der Waals surface area contributed by atoms with Gasteiger partial charge in [0.1, 0.15) is 5.82 Å². The Morgan fingerprint density at radius 1 is 0.800 bits per heavy atom. The van der Waals surface area contributed by atoms with Gasteiger partial charge < -0.3 is 25.8 Å². The fourth-order valence-electron chi connectivity index (χ4n) is 8.73. The molecule has 1 saturated carbocycles. The second kappa shape index (κ2) is 16.4. The zero-order chi connectivity index (χ0) is 30.8. The van der Waals surface area contributed by atoms with E-state index in [2.05, 4.69) is 41.7 Å². The van der Waals surface area contributed by atoms with Crippen LogP contribution in [0.1, 0.15) is 103 Å². The van der Waals surface area contributed by atoms with Crippen molar-refractivity contribution < 1.29 is 9.59 Å². The van der Waals surface area contributed by atoms with E-state index in [0.717, 1.165) is 115 Å². The minimum absolute atomic E-state index is 0.129. The summed E-state index contributed by atoms with van der Waals surface area (Å²) in [7, 11) is 0. The smallest absolute Gasteiger partial charge is 0.225 e. The van der Waals surface area contributed by atoms with Gasteiger partial charge >= 0.3 is 0 Å². The Kier molecular flexibility index (Phi) is 11.8. The summed E-state index contributed by atoms with van der Waals surface area (Å²) in [5.41, 5.74) is 0. The van der Waals surface area contributed by atoms with Gasteiger partial charge in [0.25, 0.3) is 0 Å². The van der Waals surface area contributed by atoms with Crippen molar-refractivity contribution in [2.45, 2.75) is 121 Å². The molecular formula is C35H58N8O2. The minimum Gasteiger partial charge on any atom is -0.356 e. The van der Waals surface area contributed by atoms with Gasteiger partial charge in [0, 0.05) is 68.9 Å². The molecule has 3 N–H and O–H groups in total. The summed E-state index contributed by atoms with van der Waals surface area (Å²) in [6.45, 7) is 7.49. The van der Waals surface area contributed by atoms with Crippen LogP contribution in [0.5, 0.6) is 0 Å². The van der Waals surface area contributed by atoms with Crippen molar-refractivity contribution in [2.75, 3.05) is 62.6 Å². The number of nitrogens with zero attached hydrogens (tertiary/aromatic N) is 5.